The third-order valence-electron chi connectivity index (χ3n) is 6.05. The number of carbonyl (C=O) groups is 1. The number of nitrogens with zero attached hydrogens (tertiary/aromatic N) is 3. The van der Waals surface area contributed by atoms with Crippen molar-refractivity contribution < 1.29 is 19.4 Å². The van der Waals surface area contributed by atoms with Crippen LogP contribution in [0.1, 0.15) is 30.6 Å². The van der Waals surface area contributed by atoms with Gasteiger partial charge in [-0.3, -0.25) is 4.90 Å². The van der Waals surface area contributed by atoms with Crippen LogP contribution < -0.4 is 15.0 Å². The van der Waals surface area contributed by atoms with Gasteiger partial charge in [0.2, 0.25) is 0 Å². The molecule has 2 aromatic carbocycles. The lowest BCUT2D eigenvalue weighted by Gasteiger charge is -2.34. The van der Waals surface area contributed by atoms with Gasteiger partial charge in [0.05, 0.1) is 24.6 Å². The average molecular weight is 434 g/mol. The normalized spacial score (nSPS) is 20.6. The molecule has 2 aliphatic heterocycles. The van der Waals surface area contributed by atoms with Crippen LogP contribution in [0.15, 0.2) is 54.9 Å². The van der Waals surface area contributed by atoms with E-state index in [1.54, 1.807) is 4.68 Å². The van der Waals surface area contributed by atoms with Crippen LogP contribution in [0.4, 0.5) is 10.5 Å². The Hall–Kier alpha value is -3.36. The molecule has 3 aromatic rings. The number of nitrogens with one attached hydrogen (secondary N) is 1. The molecule has 1 fully saturated rings. The molecule has 0 spiro atoms. The van der Waals surface area contributed by atoms with Crippen molar-refractivity contribution >= 4 is 11.8 Å². The minimum absolute atomic E-state index is 0.0445. The lowest BCUT2D eigenvalue weighted by molar-refractivity contribution is 0.0277. The van der Waals surface area contributed by atoms with Gasteiger partial charge in [-0.25, -0.2) is 9.48 Å². The predicted molar refractivity (Wildman–Crippen MR) is 120 cm³/mol. The standard InChI is InChI=1S/C24H26N4O4/c1-16-7-8-19-20(28(16)24(29)30)9-10-21(23(19)32-18-5-3-2-4-6-18)27-15-17(13-26-27)22-14-25-11-12-31-22/h2-6,9-10,13,15-16,22,25H,7-8,11-12,14H2,1H3,(H,29,30)/t16-,22?/m0/s1. The van der Waals surface area contributed by atoms with Crippen molar-refractivity contribution in [2.24, 2.45) is 0 Å². The van der Waals surface area contributed by atoms with Crippen LogP contribution in [0.25, 0.3) is 5.69 Å². The summed E-state index contributed by atoms with van der Waals surface area (Å²) in [7, 11) is 0. The Morgan fingerprint density at radius 3 is 2.78 bits per heavy atom. The fourth-order valence-electron chi connectivity index (χ4n) is 4.40. The predicted octanol–water partition coefficient (Wildman–Crippen LogP) is 4.14. The van der Waals surface area contributed by atoms with Crippen LogP contribution in [0, 0.1) is 0 Å². The molecular formula is C24H26N4O4. The highest BCUT2D eigenvalue weighted by atomic mass is 16.5. The van der Waals surface area contributed by atoms with Gasteiger partial charge in [-0.1, -0.05) is 18.2 Å². The maximum absolute atomic E-state index is 12.0. The van der Waals surface area contributed by atoms with Gasteiger partial charge in [0.25, 0.3) is 0 Å². The largest absolute Gasteiger partial charge is 0.465 e. The number of para-hydroxylation sites is 1. The monoisotopic (exact) mass is 434 g/mol. The number of morpholine rings is 1. The highest BCUT2D eigenvalue weighted by Gasteiger charge is 2.32. The molecule has 0 saturated carbocycles. The first-order valence-corrected chi connectivity index (χ1v) is 10.9. The molecule has 2 atom stereocenters. The molecule has 1 aromatic heterocycles. The van der Waals surface area contributed by atoms with Crippen LogP contribution in [0.3, 0.4) is 0 Å². The Kier molecular flexibility index (Phi) is 5.55. The first-order valence-electron chi connectivity index (χ1n) is 10.9. The topological polar surface area (TPSA) is 88.9 Å². The van der Waals surface area contributed by atoms with Crippen LogP contribution >= 0.6 is 0 Å². The van der Waals surface area contributed by atoms with E-state index >= 15 is 0 Å². The number of benzene rings is 2. The molecule has 5 rings (SSSR count). The maximum atomic E-state index is 12.0. The van der Waals surface area contributed by atoms with Crippen LogP contribution in [-0.4, -0.2) is 46.7 Å². The summed E-state index contributed by atoms with van der Waals surface area (Å²) >= 11 is 0. The lowest BCUT2D eigenvalue weighted by Crippen LogP contribution is -2.41. The van der Waals surface area contributed by atoms with E-state index in [0.717, 1.165) is 42.7 Å². The van der Waals surface area contributed by atoms with Gasteiger partial charge in [-0.05, 0) is 44.0 Å². The van der Waals surface area contributed by atoms with E-state index in [4.69, 9.17) is 9.47 Å². The summed E-state index contributed by atoms with van der Waals surface area (Å²) in [6, 6.07) is 13.2. The van der Waals surface area contributed by atoms with Crippen molar-refractivity contribution in [1.82, 2.24) is 15.1 Å². The van der Waals surface area contributed by atoms with Gasteiger partial charge in [-0.15, -0.1) is 0 Å². The summed E-state index contributed by atoms with van der Waals surface area (Å²) in [5.74, 6) is 1.32. The third-order valence-corrected chi connectivity index (χ3v) is 6.05. The number of fused-ring (bicyclic) bond motifs is 1. The van der Waals surface area contributed by atoms with E-state index in [1.165, 1.54) is 4.90 Å². The molecule has 1 amide bonds. The second-order valence-corrected chi connectivity index (χ2v) is 8.15. The summed E-state index contributed by atoms with van der Waals surface area (Å²) in [4.78, 5) is 13.4. The quantitative estimate of drug-likeness (QED) is 0.642. The van der Waals surface area contributed by atoms with Crippen molar-refractivity contribution in [2.45, 2.75) is 31.9 Å². The lowest BCUT2D eigenvalue weighted by atomic mass is 9.95. The molecule has 2 aliphatic rings. The minimum Gasteiger partial charge on any atom is -0.465 e. The molecule has 3 heterocycles. The average Bonchev–Trinajstić information content (AvgIpc) is 3.30. The molecule has 8 nitrogen and oxygen atoms in total. The molecule has 0 aliphatic carbocycles. The van der Waals surface area contributed by atoms with Crippen molar-refractivity contribution in [1.29, 1.82) is 0 Å². The number of rotatable bonds is 4. The first-order chi connectivity index (χ1) is 15.6. The van der Waals surface area contributed by atoms with Crippen LogP contribution in [0.5, 0.6) is 11.5 Å². The van der Waals surface area contributed by atoms with Gasteiger partial charge < -0.3 is 19.9 Å². The Bertz CT molecular complexity index is 1110. The van der Waals surface area contributed by atoms with E-state index in [2.05, 4.69) is 10.4 Å². The zero-order valence-corrected chi connectivity index (χ0v) is 17.9. The Balaban J connectivity index is 1.59. The van der Waals surface area contributed by atoms with E-state index in [1.807, 2.05) is 61.8 Å². The van der Waals surface area contributed by atoms with Gasteiger partial charge in [0.15, 0.2) is 5.75 Å². The Morgan fingerprint density at radius 1 is 1.22 bits per heavy atom. The van der Waals surface area contributed by atoms with Crippen molar-refractivity contribution in [2.75, 3.05) is 24.6 Å². The summed E-state index contributed by atoms with van der Waals surface area (Å²) in [6.07, 6.45) is 4.21. The molecule has 166 valence electrons. The van der Waals surface area contributed by atoms with Gasteiger partial charge in [-0.2, -0.15) is 5.10 Å². The second-order valence-electron chi connectivity index (χ2n) is 8.15. The smallest absolute Gasteiger partial charge is 0.412 e. The van der Waals surface area contributed by atoms with E-state index in [9.17, 15) is 9.90 Å². The first kappa shape index (κ1) is 20.5. The summed E-state index contributed by atoms with van der Waals surface area (Å²) in [6.45, 7) is 4.19. The Morgan fingerprint density at radius 2 is 2.03 bits per heavy atom. The second kappa shape index (κ2) is 8.64. The van der Waals surface area contributed by atoms with Crippen LogP contribution in [0.2, 0.25) is 0 Å². The fourth-order valence-corrected chi connectivity index (χ4v) is 4.40. The summed E-state index contributed by atoms with van der Waals surface area (Å²) < 4.78 is 14.0. The zero-order valence-electron chi connectivity index (χ0n) is 17.9. The highest BCUT2D eigenvalue weighted by molar-refractivity contribution is 5.90. The van der Waals surface area contributed by atoms with Gasteiger partial charge in [0.1, 0.15) is 11.4 Å². The minimum atomic E-state index is -0.958. The fraction of sp³-hybridized carbons (Fsp3) is 0.333. The zero-order chi connectivity index (χ0) is 22.1. The SMILES string of the molecule is C[C@H]1CCc2c(ccc(-n3cc(C4CNCCO4)cn3)c2Oc2ccccc2)N1C(=O)O. The van der Waals surface area contributed by atoms with Gasteiger partial charge >= 0.3 is 6.09 Å². The van der Waals surface area contributed by atoms with Crippen molar-refractivity contribution in [3.05, 3.63) is 66.0 Å². The van der Waals surface area contributed by atoms with E-state index in [-0.39, 0.29) is 12.1 Å². The molecule has 32 heavy (non-hydrogen) atoms. The molecule has 1 saturated heterocycles. The number of anilines is 1. The molecule has 1 unspecified atom stereocenters. The van der Waals surface area contributed by atoms with Crippen molar-refractivity contribution in [3.8, 4) is 17.2 Å². The summed E-state index contributed by atoms with van der Waals surface area (Å²) in [5.41, 5.74) is 3.29. The number of amides is 1. The third kappa shape index (κ3) is 3.83. The summed E-state index contributed by atoms with van der Waals surface area (Å²) in [5, 5.41) is 17.7. The number of ether oxygens (including phenoxy) is 2. The number of carboxylic acid groups (broad SMARTS) is 1. The molecular weight excluding hydrogens is 408 g/mol. The van der Waals surface area contributed by atoms with E-state index in [0.29, 0.717) is 23.8 Å². The number of aromatic nitrogens is 2. The maximum Gasteiger partial charge on any atom is 0.412 e. The highest BCUT2D eigenvalue weighted by Crippen LogP contribution is 2.42. The van der Waals surface area contributed by atoms with Crippen LogP contribution in [-0.2, 0) is 11.2 Å². The van der Waals surface area contributed by atoms with E-state index < -0.39 is 6.09 Å². The number of hydrogen-bond donors (Lipinski definition) is 2. The Labute approximate surface area is 186 Å². The molecule has 0 radical (unpaired) electrons. The number of hydrogen-bond acceptors (Lipinski definition) is 5. The molecule has 2 N–H and O–H groups in total. The van der Waals surface area contributed by atoms with Crippen molar-refractivity contribution in [3.63, 3.8) is 0 Å². The molecule has 0 bridgehead atoms. The van der Waals surface area contributed by atoms with Gasteiger partial charge in [0, 0.05) is 36.5 Å². The molecule has 8 heteroatoms.